The summed E-state index contributed by atoms with van der Waals surface area (Å²) < 4.78 is 28.9. The minimum atomic E-state index is -4.00. The Kier molecular flexibility index (Phi) is 8.16. The standard InChI is InChI=1S/C21H30N6O4S2/c1-15(13-28)23-18-12-19(25-21(24-18)32-14-16-8-5-4-6-9-16)26-33(30,31)27(3)11-7-10-17(27)20(29)22-2/h4-6,8-9,12,15,17,28H,7,10-11,13-14H2,1-3H3,(H2-,22,23,24,25,26,29)/p+1/t15-,17+,27?/m1/s1. The Morgan fingerprint density at radius 1 is 1.27 bits per heavy atom. The molecule has 1 aromatic heterocycles. The number of hydrogen-bond acceptors (Lipinski definition) is 8. The number of likely N-dealkylation sites (tertiary alicyclic amines) is 1. The first-order valence-corrected chi connectivity index (χ1v) is 13.1. The maximum atomic E-state index is 13.4. The quantitative estimate of drug-likeness (QED) is 0.222. The number of rotatable bonds is 10. The van der Waals surface area contributed by atoms with Gasteiger partial charge in [-0.3, -0.25) is 4.79 Å². The van der Waals surface area contributed by atoms with Gasteiger partial charge in [0.25, 0.3) is 5.91 Å². The fourth-order valence-corrected chi connectivity index (χ4v) is 6.03. The number of benzene rings is 1. The second kappa shape index (κ2) is 10.7. The zero-order valence-electron chi connectivity index (χ0n) is 19.0. The van der Waals surface area contributed by atoms with Crippen LogP contribution in [0.25, 0.3) is 0 Å². The van der Waals surface area contributed by atoms with E-state index in [2.05, 4.69) is 25.3 Å². The number of nitrogens with one attached hydrogen (secondary N) is 3. The average molecular weight is 496 g/mol. The zero-order valence-corrected chi connectivity index (χ0v) is 20.6. The number of carbonyl (C=O) groups excluding carboxylic acids is 1. The SMILES string of the molecule is CNC(=O)[C@@H]1CCC[N+]1(C)S(=O)(=O)Nc1cc(N[C@H](C)CO)nc(SCc2ccccc2)n1. The molecule has 12 heteroatoms. The Labute approximate surface area is 199 Å². The highest BCUT2D eigenvalue weighted by Crippen LogP contribution is 2.31. The lowest BCUT2D eigenvalue weighted by molar-refractivity contribution is -0.787. The van der Waals surface area contributed by atoms with Gasteiger partial charge in [-0.25, -0.2) is 14.7 Å². The predicted molar refractivity (Wildman–Crippen MR) is 129 cm³/mol. The molecule has 0 radical (unpaired) electrons. The van der Waals surface area contributed by atoms with Gasteiger partial charge in [0.2, 0.25) is 0 Å². The molecule has 1 unspecified atom stereocenters. The average Bonchev–Trinajstić information content (AvgIpc) is 3.21. The van der Waals surface area contributed by atoms with Crippen LogP contribution in [0.15, 0.2) is 41.6 Å². The maximum Gasteiger partial charge on any atom is 0.395 e. The van der Waals surface area contributed by atoms with Crippen molar-refractivity contribution in [3.05, 3.63) is 42.0 Å². The van der Waals surface area contributed by atoms with Crippen molar-refractivity contribution in [2.24, 2.45) is 0 Å². The van der Waals surface area contributed by atoms with Crippen molar-refractivity contribution in [3.8, 4) is 0 Å². The van der Waals surface area contributed by atoms with Crippen molar-refractivity contribution < 1.29 is 22.2 Å². The van der Waals surface area contributed by atoms with Crippen LogP contribution in [0.2, 0.25) is 0 Å². The first-order valence-electron chi connectivity index (χ1n) is 10.7. The van der Waals surface area contributed by atoms with E-state index in [0.29, 0.717) is 36.1 Å². The van der Waals surface area contributed by atoms with Gasteiger partial charge in [0.1, 0.15) is 5.82 Å². The number of aliphatic hydroxyl groups is 1. The first-order chi connectivity index (χ1) is 15.7. The van der Waals surface area contributed by atoms with E-state index in [1.807, 2.05) is 30.3 Å². The summed E-state index contributed by atoms with van der Waals surface area (Å²) in [5, 5.41) is 15.4. The molecule has 3 rings (SSSR count). The second-order valence-electron chi connectivity index (χ2n) is 8.17. The molecule has 1 aliphatic heterocycles. The molecule has 0 bridgehead atoms. The number of quaternary nitrogens is 1. The van der Waals surface area contributed by atoms with Crippen LogP contribution in [0.5, 0.6) is 0 Å². The van der Waals surface area contributed by atoms with Crippen molar-refractivity contribution >= 4 is 39.5 Å². The number of carbonyl (C=O) groups is 1. The minimum absolute atomic E-state index is 0.107. The molecule has 1 aliphatic rings. The molecule has 4 N–H and O–H groups in total. The lowest BCUT2D eigenvalue weighted by Crippen LogP contribution is -2.59. The largest absolute Gasteiger partial charge is 0.395 e. The van der Waals surface area contributed by atoms with Gasteiger partial charge < -0.3 is 15.7 Å². The smallest absolute Gasteiger partial charge is 0.394 e. The van der Waals surface area contributed by atoms with Crippen LogP contribution in [0.1, 0.15) is 25.3 Å². The zero-order chi connectivity index (χ0) is 24.1. The minimum Gasteiger partial charge on any atom is -0.394 e. The van der Waals surface area contributed by atoms with Crippen LogP contribution >= 0.6 is 11.8 Å². The van der Waals surface area contributed by atoms with Gasteiger partial charge in [-0.1, -0.05) is 42.1 Å². The molecule has 180 valence electrons. The Morgan fingerprint density at radius 2 is 1.97 bits per heavy atom. The molecular formula is C21H31N6O4S2+. The van der Waals surface area contributed by atoms with Gasteiger partial charge in [0, 0.05) is 37.8 Å². The fraction of sp³-hybridized carbons (Fsp3) is 0.476. The summed E-state index contributed by atoms with van der Waals surface area (Å²) in [5.74, 6) is 0.807. The third-order valence-electron chi connectivity index (χ3n) is 5.66. The predicted octanol–water partition coefficient (Wildman–Crippen LogP) is 1.57. The highest BCUT2D eigenvalue weighted by atomic mass is 32.2. The van der Waals surface area contributed by atoms with E-state index in [1.165, 1.54) is 24.9 Å². The molecule has 0 aliphatic carbocycles. The van der Waals surface area contributed by atoms with Crippen LogP contribution in [-0.2, 0) is 20.8 Å². The Bertz CT molecular complexity index is 1070. The molecule has 10 nitrogen and oxygen atoms in total. The molecular weight excluding hydrogens is 464 g/mol. The molecule has 2 heterocycles. The maximum absolute atomic E-state index is 13.4. The van der Waals surface area contributed by atoms with Gasteiger partial charge in [0.05, 0.1) is 20.2 Å². The molecule has 1 fully saturated rings. The number of nitrogens with zero attached hydrogens (tertiary/aromatic N) is 3. The molecule has 2 aromatic rings. The van der Waals surface area contributed by atoms with Gasteiger partial charge in [-0.05, 0) is 12.5 Å². The van der Waals surface area contributed by atoms with Crippen molar-refractivity contribution in [1.82, 2.24) is 15.3 Å². The Balaban J connectivity index is 1.88. The molecule has 1 amide bonds. The van der Waals surface area contributed by atoms with Gasteiger partial charge >= 0.3 is 10.2 Å². The second-order valence-corrected chi connectivity index (χ2v) is 11.1. The van der Waals surface area contributed by atoms with Crippen LogP contribution in [0.3, 0.4) is 0 Å². The molecule has 1 aromatic carbocycles. The summed E-state index contributed by atoms with van der Waals surface area (Å²) in [4.78, 5) is 21.2. The van der Waals surface area contributed by atoms with Gasteiger partial charge in [-0.15, -0.1) is 0 Å². The van der Waals surface area contributed by atoms with Crippen molar-refractivity contribution in [1.29, 1.82) is 0 Å². The van der Waals surface area contributed by atoms with E-state index in [9.17, 15) is 18.3 Å². The molecule has 1 saturated heterocycles. The van der Waals surface area contributed by atoms with Crippen LogP contribution in [0.4, 0.5) is 11.6 Å². The molecule has 33 heavy (non-hydrogen) atoms. The highest BCUT2D eigenvalue weighted by Gasteiger charge is 2.52. The topological polar surface area (TPSA) is 133 Å². The van der Waals surface area contributed by atoms with Crippen molar-refractivity contribution in [2.45, 2.75) is 42.8 Å². The molecule has 0 spiro atoms. The van der Waals surface area contributed by atoms with Crippen LogP contribution < -0.4 is 15.4 Å². The number of hydrogen-bond donors (Lipinski definition) is 4. The third-order valence-corrected chi connectivity index (χ3v) is 8.58. The van der Waals surface area contributed by atoms with E-state index >= 15 is 0 Å². The first kappa shape index (κ1) is 25.2. The summed E-state index contributed by atoms with van der Waals surface area (Å²) in [5.41, 5.74) is 1.08. The Morgan fingerprint density at radius 3 is 2.64 bits per heavy atom. The fourth-order valence-electron chi connectivity index (χ4n) is 3.73. The van der Waals surface area contributed by atoms with E-state index in [1.54, 1.807) is 14.0 Å². The summed E-state index contributed by atoms with van der Waals surface area (Å²) in [7, 11) is -0.946. The number of amides is 1. The van der Waals surface area contributed by atoms with E-state index < -0.39 is 20.1 Å². The van der Waals surface area contributed by atoms with Gasteiger partial charge in [0.15, 0.2) is 17.0 Å². The van der Waals surface area contributed by atoms with E-state index in [-0.39, 0.29) is 24.4 Å². The summed E-state index contributed by atoms with van der Waals surface area (Å²) >= 11 is 1.37. The van der Waals surface area contributed by atoms with Crippen molar-refractivity contribution in [2.75, 3.05) is 37.3 Å². The van der Waals surface area contributed by atoms with Gasteiger partial charge in [-0.2, -0.15) is 12.3 Å². The van der Waals surface area contributed by atoms with E-state index in [0.717, 1.165) is 5.56 Å². The number of aromatic nitrogens is 2. The molecule has 0 saturated carbocycles. The highest BCUT2D eigenvalue weighted by molar-refractivity contribution is 7.98. The monoisotopic (exact) mass is 495 g/mol. The lowest BCUT2D eigenvalue weighted by atomic mass is 10.2. The number of anilines is 2. The Hall–Kier alpha value is -2.41. The summed E-state index contributed by atoms with van der Waals surface area (Å²) in [6, 6.07) is 10.3. The van der Waals surface area contributed by atoms with Crippen LogP contribution in [-0.4, -0.2) is 72.6 Å². The van der Waals surface area contributed by atoms with Crippen LogP contribution in [0, 0.1) is 0 Å². The normalized spacial score (nSPS) is 21.4. The summed E-state index contributed by atoms with van der Waals surface area (Å²) in [6.45, 7) is 1.99. The number of thioether (sulfide) groups is 1. The number of aliphatic hydroxyl groups excluding tert-OH is 1. The summed E-state index contributed by atoms with van der Waals surface area (Å²) in [6.07, 6.45) is 1.11. The lowest BCUT2D eigenvalue weighted by Gasteiger charge is -2.32. The molecule has 3 atom stereocenters. The van der Waals surface area contributed by atoms with Crippen molar-refractivity contribution in [3.63, 3.8) is 0 Å². The third kappa shape index (κ3) is 5.94. The van der Waals surface area contributed by atoms with E-state index in [4.69, 9.17) is 0 Å². The number of likely N-dealkylation sites (N-methyl/N-ethyl adjacent to an activating group) is 2.